The van der Waals surface area contributed by atoms with Gasteiger partial charge in [-0.25, -0.2) is 0 Å². The normalized spacial score (nSPS) is 13.5. The molecular formula is C11H11NO3. The number of hydrogen-bond acceptors (Lipinski definition) is 2. The van der Waals surface area contributed by atoms with Crippen LogP contribution in [0.3, 0.4) is 0 Å². The smallest absolute Gasteiger partial charge is 0.303 e. The van der Waals surface area contributed by atoms with Crippen LogP contribution in [-0.4, -0.2) is 17.0 Å². The molecule has 0 bridgehead atoms. The molecule has 1 aromatic carbocycles. The highest BCUT2D eigenvalue weighted by Crippen LogP contribution is 2.20. The average molecular weight is 205 g/mol. The number of hydrogen-bond donors (Lipinski definition) is 2. The Hall–Kier alpha value is -1.84. The number of aryl methyl sites for hydroxylation is 1. The van der Waals surface area contributed by atoms with Crippen molar-refractivity contribution in [2.24, 2.45) is 0 Å². The molecule has 0 fully saturated rings. The quantitative estimate of drug-likeness (QED) is 0.772. The van der Waals surface area contributed by atoms with Gasteiger partial charge in [-0.05, 0) is 17.5 Å². The maximum Gasteiger partial charge on any atom is 0.303 e. The van der Waals surface area contributed by atoms with Crippen molar-refractivity contribution in [2.45, 2.75) is 19.4 Å². The fourth-order valence-corrected chi connectivity index (χ4v) is 1.81. The lowest BCUT2D eigenvalue weighted by molar-refractivity contribution is -0.136. The van der Waals surface area contributed by atoms with Crippen LogP contribution in [-0.2, 0) is 17.8 Å². The van der Waals surface area contributed by atoms with Crippen LogP contribution in [0.2, 0.25) is 0 Å². The van der Waals surface area contributed by atoms with E-state index in [1.165, 1.54) is 0 Å². The first-order valence-corrected chi connectivity index (χ1v) is 4.79. The van der Waals surface area contributed by atoms with Crippen LogP contribution in [0.15, 0.2) is 18.2 Å². The molecule has 1 aromatic rings. The van der Waals surface area contributed by atoms with Crippen molar-refractivity contribution in [3.63, 3.8) is 0 Å². The third kappa shape index (κ3) is 1.83. The first-order valence-electron chi connectivity index (χ1n) is 4.79. The third-order valence-corrected chi connectivity index (χ3v) is 2.51. The van der Waals surface area contributed by atoms with Gasteiger partial charge in [-0.15, -0.1) is 0 Å². The molecule has 0 radical (unpaired) electrons. The molecule has 1 amide bonds. The average Bonchev–Trinajstić information content (AvgIpc) is 2.58. The van der Waals surface area contributed by atoms with Crippen molar-refractivity contribution >= 4 is 11.9 Å². The fourth-order valence-electron chi connectivity index (χ4n) is 1.81. The number of benzene rings is 1. The van der Waals surface area contributed by atoms with Gasteiger partial charge in [0.1, 0.15) is 0 Å². The largest absolute Gasteiger partial charge is 0.481 e. The lowest BCUT2D eigenvalue weighted by atomic mass is 9.99. The number of amides is 1. The summed E-state index contributed by atoms with van der Waals surface area (Å²) in [6.45, 7) is 0.551. The summed E-state index contributed by atoms with van der Waals surface area (Å²) in [6.07, 6.45) is 0.468. The van der Waals surface area contributed by atoms with E-state index >= 15 is 0 Å². The molecular weight excluding hydrogens is 194 g/mol. The third-order valence-electron chi connectivity index (χ3n) is 2.51. The minimum atomic E-state index is -0.842. The summed E-state index contributed by atoms with van der Waals surface area (Å²) >= 11 is 0. The summed E-state index contributed by atoms with van der Waals surface area (Å²) < 4.78 is 0. The molecule has 4 nitrogen and oxygen atoms in total. The highest BCUT2D eigenvalue weighted by molar-refractivity contribution is 5.99. The van der Waals surface area contributed by atoms with E-state index in [4.69, 9.17) is 5.11 Å². The molecule has 1 aliphatic rings. The number of carbonyl (C=O) groups excluding carboxylic acids is 1. The zero-order valence-corrected chi connectivity index (χ0v) is 8.12. The first kappa shape index (κ1) is 9.71. The Balaban J connectivity index is 2.28. The van der Waals surface area contributed by atoms with Gasteiger partial charge < -0.3 is 10.4 Å². The second kappa shape index (κ2) is 3.73. The van der Waals surface area contributed by atoms with E-state index < -0.39 is 5.97 Å². The molecule has 2 rings (SSSR count). The summed E-state index contributed by atoms with van der Waals surface area (Å²) in [4.78, 5) is 21.9. The van der Waals surface area contributed by atoms with Crippen molar-refractivity contribution in [1.82, 2.24) is 5.32 Å². The lowest BCUT2D eigenvalue weighted by Crippen LogP contribution is -2.14. The molecule has 0 saturated heterocycles. The second-order valence-corrected chi connectivity index (χ2v) is 3.53. The highest BCUT2D eigenvalue weighted by atomic mass is 16.4. The van der Waals surface area contributed by atoms with E-state index in [9.17, 15) is 9.59 Å². The molecule has 4 heteroatoms. The summed E-state index contributed by atoms with van der Waals surface area (Å²) in [5, 5.41) is 11.3. The van der Waals surface area contributed by atoms with Crippen LogP contribution in [0, 0.1) is 0 Å². The Morgan fingerprint density at radius 1 is 1.47 bits per heavy atom. The van der Waals surface area contributed by atoms with Crippen molar-refractivity contribution < 1.29 is 14.7 Å². The molecule has 0 saturated carbocycles. The first-order chi connectivity index (χ1) is 7.18. The summed E-state index contributed by atoms with van der Waals surface area (Å²) in [5.74, 6) is -0.933. The predicted molar refractivity (Wildman–Crippen MR) is 53.6 cm³/mol. The number of carboxylic acid groups (broad SMARTS) is 1. The topological polar surface area (TPSA) is 66.4 Å². The van der Waals surface area contributed by atoms with Gasteiger partial charge in [0.2, 0.25) is 0 Å². The lowest BCUT2D eigenvalue weighted by Gasteiger charge is -2.04. The minimum absolute atomic E-state index is 0.0593. The van der Waals surface area contributed by atoms with E-state index in [0.29, 0.717) is 18.5 Å². The van der Waals surface area contributed by atoms with Gasteiger partial charge in [0, 0.05) is 18.5 Å². The standard InChI is InChI=1S/C11H11NO3/c13-9(14)5-4-7-2-1-3-8-6-12-11(15)10(7)8/h1-3H,4-6H2,(H,12,15)(H,13,14). The van der Waals surface area contributed by atoms with Gasteiger partial charge in [0.15, 0.2) is 0 Å². The SMILES string of the molecule is O=C(O)CCc1cccc2c1C(=O)NC2. The molecule has 0 spiro atoms. The highest BCUT2D eigenvalue weighted by Gasteiger charge is 2.21. The number of nitrogens with one attached hydrogen (secondary N) is 1. The summed E-state index contributed by atoms with van der Waals surface area (Å²) in [6, 6.07) is 5.56. The van der Waals surface area contributed by atoms with Crippen LogP contribution in [0.1, 0.15) is 27.9 Å². The monoisotopic (exact) mass is 205 g/mol. The Morgan fingerprint density at radius 3 is 3.00 bits per heavy atom. The van der Waals surface area contributed by atoms with E-state index in [0.717, 1.165) is 11.1 Å². The number of aliphatic carboxylic acids is 1. The van der Waals surface area contributed by atoms with Crippen LogP contribution in [0.4, 0.5) is 0 Å². The molecule has 0 atom stereocenters. The molecule has 0 aromatic heterocycles. The zero-order valence-electron chi connectivity index (χ0n) is 8.12. The molecule has 15 heavy (non-hydrogen) atoms. The summed E-state index contributed by atoms with van der Waals surface area (Å²) in [7, 11) is 0. The van der Waals surface area contributed by atoms with Crippen LogP contribution >= 0.6 is 0 Å². The van der Waals surface area contributed by atoms with Gasteiger partial charge in [-0.1, -0.05) is 18.2 Å². The summed E-state index contributed by atoms with van der Waals surface area (Å²) in [5.41, 5.74) is 2.45. The molecule has 0 unspecified atom stereocenters. The Morgan fingerprint density at radius 2 is 2.27 bits per heavy atom. The number of carbonyl (C=O) groups is 2. The van der Waals surface area contributed by atoms with E-state index in [-0.39, 0.29) is 12.3 Å². The second-order valence-electron chi connectivity index (χ2n) is 3.53. The van der Waals surface area contributed by atoms with Crippen molar-refractivity contribution in [3.05, 3.63) is 34.9 Å². The van der Waals surface area contributed by atoms with Gasteiger partial charge in [-0.3, -0.25) is 9.59 Å². The Kier molecular flexibility index (Phi) is 2.41. The fraction of sp³-hybridized carbons (Fsp3) is 0.273. The minimum Gasteiger partial charge on any atom is -0.481 e. The van der Waals surface area contributed by atoms with E-state index in [1.807, 2.05) is 18.2 Å². The van der Waals surface area contributed by atoms with Crippen molar-refractivity contribution in [2.75, 3.05) is 0 Å². The number of rotatable bonds is 3. The maximum absolute atomic E-state index is 11.5. The van der Waals surface area contributed by atoms with Crippen molar-refractivity contribution in [3.8, 4) is 0 Å². The van der Waals surface area contributed by atoms with Crippen LogP contribution in [0.5, 0.6) is 0 Å². The van der Waals surface area contributed by atoms with Gasteiger partial charge in [0.25, 0.3) is 5.91 Å². The number of carboxylic acids is 1. The van der Waals surface area contributed by atoms with Crippen LogP contribution < -0.4 is 5.32 Å². The van der Waals surface area contributed by atoms with Gasteiger partial charge in [0.05, 0.1) is 0 Å². The van der Waals surface area contributed by atoms with E-state index in [1.54, 1.807) is 0 Å². The predicted octanol–water partition coefficient (Wildman–Crippen LogP) is 0.947. The Bertz CT molecular complexity index is 426. The maximum atomic E-state index is 11.5. The van der Waals surface area contributed by atoms with Crippen molar-refractivity contribution in [1.29, 1.82) is 0 Å². The molecule has 1 aliphatic heterocycles. The van der Waals surface area contributed by atoms with Gasteiger partial charge in [-0.2, -0.15) is 0 Å². The molecule has 78 valence electrons. The number of fused-ring (bicyclic) bond motifs is 1. The Labute approximate surface area is 86.9 Å². The van der Waals surface area contributed by atoms with E-state index in [2.05, 4.69) is 5.32 Å². The van der Waals surface area contributed by atoms with Gasteiger partial charge >= 0.3 is 5.97 Å². The van der Waals surface area contributed by atoms with Crippen LogP contribution in [0.25, 0.3) is 0 Å². The zero-order chi connectivity index (χ0) is 10.8. The molecule has 1 heterocycles. The molecule has 2 N–H and O–H groups in total. The molecule has 0 aliphatic carbocycles.